The lowest BCUT2D eigenvalue weighted by Gasteiger charge is -1.69. The molecule has 6 heteroatoms. The van der Waals surface area contributed by atoms with Crippen LogP contribution >= 0.6 is 0 Å². The molecule has 0 saturated carbocycles. The summed E-state index contributed by atoms with van der Waals surface area (Å²) < 4.78 is 19.3. The fraction of sp³-hybridized carbons (Fsp3) is 0.714. The van der Waals surface area contributed by atoms with Gasteiger partial charge in [-0.2, -0.15) is 0 Å². The number of Topliss-reactive ketones (excluding diaryl/α,β-unsaturated/α-hetero) is 1. The van der Waals surface area contributed by atoms with E-state index in [9.17, 15) is 18.0 Å². The smallest absolute Gasteiger partial charge is 0.214 e. The molecule has 5 nitrogen and oxygen atoms in total. The fourth-order valence-electron chi connectivity index (χ4n) is 0. The van der Waals surface area contributed by atoms with E-state index in [0.29, 0.717) is 0 Å². The molecule has 0 rings (SSSR count). The molecule has 80 valence electrons. The predicted molar refractivity (Wildman–Crippen MR) is 52.0 cm³/mol. The maximum atomic E-state index is 9.63. The molecule has 13 heavy (non-hydrogen) atoms. The summed E-state index contributed by atoms with van der Waals surface area (Å²) in [6.07, 6.45) is 2.32. The highest BCUT2D eigenvalue weighted by Gasteiger charge is 1.79. The van der Waals surface area contributed by atoms with Crippen LogP contribution in [0, 0.1) is 0 Å². The zero-order chi connectivity index (χ0) is 11.7. The Morgan fingerprint density at radius 2 is 1.00 bits per heavy atom. The third-order valence-corrected chi connectivity index (χ3v) is 0. The highest BCUT2D eigenvalue weighted by Crippen LogP contribution is 1.61. The van der Waals surface area contributed by atoms with Gasteiger partial charge in [0, 0.05) is 19.4 Å². The molecule has 0 aromatic rings. The lowest BCUT2D eigenvalue weighted by atomic mass is 10.6. The summed E-state index contributed by atoms with van der Waals surface area (Å²) in [4.78, 5) is 18.7. The number of ketones is 1. The minimum absolute atomic E-state index is 0.167. The first-order valence-electron chi connectivity index (χ1n) is 3.35. The van der Waals surface area contributed by atoms with E-state index in [4.69, 9.17) is 0 Å². The van der Waals surface area contributed by atoms with Gasteiger partial charge in [-0.25, -0.2) is 8.42 Å². The Kier molecular flexibility index (Phi) is 12.7. The van der Waals surface area contributed by atoms with Crippen LogP contribution in [0.3, 0.4) is 0 Å². The van der Waals surface area contributed by atoms with Crippen molar-refractivity contribution < 1.29 is 18.0 Å². The number of carbonyl (C=O) groups is 2. The van der Waals surface area contributed by atoms with Gasteiger partial charge in [0.1, 0.15) is 15.6 Å². The highest BCUT2D eigenvalue weighted by molar-refractivity contribution is 7.89. The van der Waals surface area contributed by atoms with Crippen LogP contribution in [0.1, 0.15) is 20.8 Å². The third-order valence-electron chi connectivity index (χ3n) is 0. The van der Waals surface area contributed by atoms with E-state index in [1.807, 2.05) is 0 Å². The Hall–Kier alpha value is -0.910. The average Bonchev–Trinajstić information content (AvgIpc) is 1.50. The summed E-state index contributed by atoms with van der Waals surface area (Å²) in [5, 5.41) is 0. The van der Waals surface area contributed by atoms with Crippen LogP contribution in [0.5, 0.6) is 0 Å². The van der Waals surface area contributed by atoms with E-state index in [1.54, 1.807) is 0 Å². The zero-order valence-corrected chi connectivity index (χ0v) is 9.44. The van der Waals surface area contributed by atoms with Gasteiger partial charge in [-0.15, -0.1) is 0 Å². The van der Waals surface area contributed by atoms with Gasteiger partial charge in [-0.3, -0.25) is 4.79 Å². The average molecular weight is 211 g/mol. The van der Waals surface area contributed by atoms with Crippen molar-refractivity contribution in [1.82, 2.24) is 0 Å². The lowest BCUT2D eigenvalue weighted by molar-refractivity contribution is -0.116. The lowest BCUT2D eigenvalue weighted by Crippen LogP contribution is -2.01. The van der Waals surface area contributed by atoms with E-state index in [0.717, 1.165) is 12.5 Å². The largest absolute Gasteiger partial charge is 0.370 e. The Morgan fingerprint density at radius 3 is 1.00 bits per heavy atom. The van der Waals surface area contributed by atoms with Crippen LogP contribution in [0.4, 0.5) is 0 Å². The van der Waals surface area contributed by atoms with Crippen molar-refractivity contribution in [1.29, 1.82) is 0 Å². The van der Waals surface area contributed by atoms with Gasteiger partial charge in [0.2, 0.25) is 5.91 Å². The van der Waals surface area contributed by atoms with Crippen molar-refractivity contribution >= 4 is 21.5 Å². The summed E-state index contributed by atoms with van der Waals surface area (Å²) >= 11 is 0. The molecular weight excluding hydrogens is 194 g/mol. The molecule has 0 spiro atoms. The number of sulfone groups is 1. The minimum atomic E-state index is -2.67. The van der Waals surface area contributed by atoms with Crippen molar-refractivity contribution in [2.75, 3.05) is 12.5 Å². The van der Waals surface area contributed by atoms with Gasteiger partial charge in [-0.1, -0.05) is 0 Å². The maximum Gasteiger partial charge on any atom is 0.214 e. The second kappa shape index (κ2) is 9.18. The van der Waals surface area contributed by atoms with E-state index in [1.165, 1.54) is 20.8 Å². The molecule has 1 amide bonds. The normalized spacial score (nSPS) is 8.38. The summed E-state index contributed by atoms with van der Waals surface area (Å²) in [6.45, 7) is 4.36. The predicted octanol–water partition coefficient (Wildman–Crippen LogP) is -0.252. The maximum absolute atomic E-state index is 9.63. The molecule has 0 atom stereocenters. The van der Waals surface area contributed by atoms with Gasteiger partial charge in [0.25, 0.3) is 0 Å². The number of primary amides is 1. The molecule has 0 fully saturated rings. The molecule has 2 N–H and O–H groups in total. The quantitative estimate of drug-likeness (QED) is 0.597. The molecule has 0 aliphatic rings. The van der Waals surface area contributed by atoms with E-state index < -0.39 is 9.84 Å². The molecule has 0 unspecified atom stereocenters. The minimum Gasteiger partial charge on any atom is -0.370 e. The standard InChI is InChI=1S/C3H6O.C2H5NO.C2H6O2S/c1-3(2)4;1-2(3)4;1-5(2,3)4/h1-2H3;1H3,(H2,3,4);1-2H3. The van der Waals surface area contributed by atoms with Crippen molar-refractivity contribution in [2.45, 2.75) is 20.8 Å². The number of hydrogen-bond acceptors (Lipinski definition) is 4. The van der Waals surface area contributed by atoms with E-state index in [2.05, 4.69) is 5.73 Å². The monoisotopic (exact) mass is 211 g/mol. The van der Waals surface area contributed by atoms with Gasteiger partial charge in [0.05, 0.1) is 0 Å². The molecule has 0 aromatic heterocycles. The van der Waals surface area contributed by atoms with Crippen LogP contribution in [-0.2, 0) is 19.4 Å². The van der Waals surface area contributed by atoms with Crippen molar-refractivity contribution in [2.24, 2.45) is 5.73 Å². The topological polar surface area (TPSA) is 94.3 Å². The highest BCUT2D eigenvalue weighted by atomic mass is 32.2. The van der Waals surface area contributed by atoms with E-state index in [-0.39, 0.29) is 11.7 Å². The van der Waals surface area contributed by atoms with Crippen molar-refractivity contribution in [3.05, 3.63) is 0 Å². The molecule has 0 saturated heterocycles. The molecule has 0 aromatic carbocycles. The fourth-order valence-corrected chi connectivity index (χ4v) is 0. The number of rotatable bonds is 0. The Bertz CT molecular complexity index is 215. The summed E-state index contributed by atoms with van der Waals surface area (Å²) in [5.41, 5.74) is 4.47. The second-order valence-electron chi connectivity index (χ2n) is 2.66. The molecule has 0 bridgehead atoms. The number of carbonyl (C=O) groups excluding carboxylic acids is 2. The zero-order valence-electron chi connectivity index (χ0n) is 8.62. The van der Waals surface area contributed by atoms with E-state index >= 15 is 0 Å². The van der Waals surface area contributed by atoms with Crippen LogP contribution < -0.4 is 5.73 Å². The van der Waals surface area contributed by atoms with Crippen LogP contribution in [0.2, 0.25) is 0 Å². The first-order valence-corrected chi connectivity index (χ1v) is 5.65. The Balaban J connectivity index is -0.000000117. The third kappa shape index (κ3) is 1110. The number of nitrogens with two attached hydrogens (primary N) is 1. The Morgan fingerprint density at radius 1 is 1.00 bits per heavy atom. The van der Waals surface area contributed by atoms with Gasteiger partial charge >= 0.3 is 0 Å². The molecular formula is C7H17NO4S. The van der Waals surface area contributed by atoms with Gasteiger partial charge < -0.3 is 10.5 Å². The van der Waals surface area contributed by atoms with Gasteiger partial charge in [0.15, 0.2) is 0 Å². The summed E-state index contributed by atoms with van der Waals surface area (Å²) in [5.74, 6) is -0.167. The van der Waals surface area contributed by atoms with Crippen molar-refractivity contribution in [3.63, 3.8) is 0 Å². The van der Waals surface area contributed by atoms with Crippen LogP contribution in [0.15, 0.2) is 0 Å². The first-order chi connectivity index (χ1) is 5.46. The second-order valence-corrected chi connectivity index (χ2v) is 4.95. The molecule has 0 heterocycles. The molecule has 0 aliphatic heterocycles. The Labute approximate surface area is 79.2 Å². The summed E-state index contributed by atoms with van der Waals surface area (Å²) in [7, 11) is -2.67. The van der Waals surface area contributed by atoms with Crippen molar-refractivity contribution in [3.8, 4) is 0 Å². The molecule has 0 aliphatic carbocycles. The SMILES string of the molecule is CC(C)=O.CC(N)=O.CS(C)(=O)=O. The number of hydrogen-bond donors (Lipinski definition) is 1. The number of amides is 1. The van der Waals surface area contributed by atoms with Crippen LogP contribution in [0.25, 0.3) is 0 Å². The first kappa shape index (κ1) is 18.0. The van der Waals surface area contributed by atoms with Crippen LogP contribution in [-0.4, -0.2) is 32.6 Å². The molecule has 0 radical (unpaired) electrons. The summed E-state index contributed by atoms with van der Waals surface area (Å²) in [6, 6.07) is 0. The van der Waals surface area contributed by atoms with Gasteiger partial charge in [-0.05, 0) is 13.8 Å².